The molecule has 2 aliphatic heterocycles. The number of hydrogen-bond acceptors (Lipinski definition) is 2. The first-order valence-corrected chi connectivity index (χ1v) is 8.26. The molecule has 1 N–H and O–H groups in total. The Bertz CT molecular complexity index is 326. The van der Waals surface area contributed by atoms with Crippen molar-refractivity contribution in [3.63, 3.8) is 0 Å². The molecule has 2 saturated heterocycles. The van der Waals surface area contributed by atoms with Crippen LogP contribution in [-0.4, -0.2) is 62.1 Å². The molecule has 0 saturated carbocycles. The summed E-state index contributed by atoms with van der Waals surface area (Å²) in [6.45, 7) is 9.27. The maximum atomic E-state index is 4.48. The third-order valence-electron chi connectivity index (χ3n) is 4.77. The van der Waals surface area contributed by atoms with Gasteiger partial charge in [-0.05, 0) is 51.1 Å². The summed E-state index contributed by atoms with van der Waals surface area (Å²) in [5, 5.41) is 3.59. The van der Waals surface area contributed by atoms with Crippen LogP contribution in [0.15, 0.2) is 4.99 Å². The summed E-state index contributed by atoms with van der Waals surface area (Å²) >= 11 is 0. The minimum absolute atomic E-state index is 0.681. The van der Waals surface area contributed by atoms with Gasteiger partial charge in [-0.25, -0.2) is 0 Å². The predicted molar refractivity (Wildman–Crippen MR) is 86.1 cm³/mol. The van der Waals surface area contributed by atoms with Crippen molar-refractivity contribution >= 4 is 5.96 Å². The van der Waals surface area contributed by atoms with Crippen LogP contribution in [0.1, 0.15) is 39.5 Å². The van der Waals surface area contributed by atoms with E-state index in [4.69, 9.17) is 0 Å². The molecule has 0 aromatic heterocycles. The van der Waals surface area contributed by atoms with E-state index in [1.807, 2.05) is 7.05 Å². The van der Waals surface area contributed by atoms with Gasteiger partial charge in [-0.15, -0.1) is 0 Å². The number of hydrogen-bond donors (Lipinski definition) is 1. The second-order valence-corrected chi connectivity index (χ2v) is 6.94. The van der Waals surface area contributed by atoms with Gasteiger partial charge in [0.15, 0.2) is 5.96 Å². The largest absolute Gasteiger partial charge is 0.355 e. The third kappa shape index (κ3) is 4.11. The highest BCUT2D eigenvalue weighted by Gasteiger charge is 2.26. The van der Waals surface area contributed by atoms with Crippen LogP contribution in [0.5, 0.6) is 0 Å². The summed E-state index contributed by atoms with van der Waals surface area (Å²) in [5.74, 6) is 2.77. The zero-order valence-electron chi connectivity index (χ0n) is 13.7. The molecule has 0 aromatic rings. The first-order valence-electron chi connectivity index (χ1n) is 8.26. The Morgan fingerprint density at radius 3 is 2.70 bits per heavy atom. The Morgan fingerprint density at radius 1 is 1.30 bits per heavy atom. The lowest BCUT2D eigenvalue weighted by molar-refractivity contribution is 0.306. The van der Waals surface area contributed by atoms with Gasteiger partial charge in [-0.3, -0.25) is 4.99 Å². The molecule has 0 aromatic carbocycles. The lowest BCUT2D eigenvalue weighted by Gasteiger charge is -2.25. The molecule has 0 radical (unpaired) electrons. The summed E-state index contributed by atoms with van der Waals surface area (Å²) < 4.78 is 0. The zero-order valence-corrected chi connectivity index (χ0v) is 13.7. The molecule has 0 spiro atoms. The average molecular weight is 280 g/mol. The minimum atomic E-state index is 0.681. The number of nitrogens with zero attached hydrogens (tertiary/aromatic N) is 3. The molecule has 20 heavy (non-hydrogen) atoms. The van der Waals surface area contributed by atoms with Crippen LogP contribution in [0.4, 0.5) is 0 Å². The second-order valence-electron chi connectivity index (χ2n) is 6.94. The Hall–Kier alpha value is -0.770. The maximum absolute atomic E-state index is 4.48. The van der Waals surface area contributed by atoms with Crippen molar-refractivity contribution in [1.82, 2.24) is 15.1 Å². The molecule has 2 unspecified atom stereocenters. The lowest BCUT2D eigenvalue weighted by Crippen LogP contribution is -2.45. The molecule has 4 heteroatoms. The smallest absolute Gasteiger partial charge is 0.193 e. The SMILES string of the molecule is CN=C(NCC1CCCN1C)N1CCC(CC(C)C)C1. The number of rotatable bonds is 4. The van der Waals surface area contributed by atoms with Gasteiger partial charge >= 0.3 is 0 Å². The number of nitrogens with one attached hydrogen (secondary N) is 1. The van der Waals surface area contributed by atoms with Crippen molar-refractivity contribution in [2.75, 3.05) is 40.3 Å². The highest BCUT2D eigenvalue weighted by Crippen LogP contribution is 2.23. The Balaban J connectivity index is 1.78. The van der Waals surface area contributed by atoms with E-state index in [1.165, 1.54) is 38.8 Å². The Kier molecular flexibility index (Phi) is 5.70. The second kappa shape index (κ2) is 7.30. The fourth-order valence-corrected chi connectivity index (χ4v) is 3.66. The first kappa shape index (κ1) is 15.6. The van der Waals surface area contributed by atoms with Crippen LogP contribution >= 0.6 is 0 Å². The molecule has 0 aliphatic carbocycles. The van der Waals surface area contributed by atoms with Crippen LogP contribution in [0.2, 0.25) is 0 Å². The molecule has 0 amide bonds. The molecule has 2 aliphatic rings. The summed E-state index contributed by atoms with van der Waals surface area (Å²) in [6.07, 6.45) is 5.32. The van der Waals surface area contributed by atoms with Crippen molar-refractivity contribution in [3.8, 4) is 0 Å². The minimum Gasteiger partial charge on any atom is -0.355 e. The average Bonchev–Trinajstić information content (AvgIpc) is 3.00. The fraction of sp³-hybridized carbons (Fsp3) is 0.938. The number of likely N-dealkylation sites (tertiary alicyclic amines) is 2. The zero-order chi connectivity index (χ0) is 14.5. The van der Waals surface area contributed by atoms with Crippen molar-refractivity contribution in [3.05, 3.63) is 0 Å². The highest BCUT2D eigenvalue weighted by molar-refractivity contribution is 5.80. The van der Waals surface area contributed by atoms with Crippen LogP contribution in [0.25, 0.3) is 0 Å². The number of guanidine groups is 1. The lowest BCUT2D eigenvalue weighted by atomic mass is 9.97. The monoisotopic (exact) mass is 280 g/mol. The van der Waals surface area contributed by atoms with E-state index in [1.54, 1.807) is 0 Å². The summed E-state index contributed by atoms with van der Waals surface area (Å²) in [6, 6.07) is 0.681. The van der Waals surface area contributed by atoms with Gasteiger partial charge in [0.2, 0.25) is 0 Å². The Labute approximate surface area is 124 Å². The highest BCUT2D eigenvalue weighted by atomic mass is 15.3. The molecule has 4 nitrogen and oxygen atoms in total. The summed E-state index contributed by atoms with van der Waals surface area (Å²) in [4.78, 5) is 9.39. The van der Waals surface area contributed by atoms with Gasteiger partial charge < -0.3 is 15.1 Å². The van der Waals surface area contributed by atoms with Gasteiger partial charge in [0.25, 0.3) is 0 Å². The van der Waals surface area contributed by atoms with E-state index < -0.39 is 0 Å². The molecule has 116 valence electrons. The van der Waals surface area contributed by atoms with Crippen molar-refractivity contribution in [1.29, 1.82) is 0 Å². The van der Waals surface area contributed by atoms with Gasteiger partial charge in [0, 0.05) is 32.7 Å². The molecular weight excluding hydrogens is 248 g/mol. The van der Waals surface area contributed by atoms with E-state index in [2.05, 4.69) is 41.0 Å². The van der Waals surface area contributed by atoms with Crippen molar-refractivity contribution in [2.24, 2.45) is 16.8 Å². The standard InChI is InChI=1S/C16H32N4/c1-13(2)10-14-7-9-20(12-14)16(17-3)18-11-15-6-5-8-19(15)4/h13-15H,5-12H2,1-4H3,(H,17,18). The van der Waals surface area contributed by atoms with Crippen LogP contribution in [-0.2, 0) is 0 Å². The van der Waals surface area contributed by atoms with E-state index in [9.17, 15) is 0 Å². The molecule has 2 atom stereocenters. The first-order chi connectivity index (χ1) is 9.60. The molecule has 2 heterocycles. The van der Waals surface area contributed by atoms with E-state index in [-0.39, 0.29) is 0 Å². The fourth-order valence-electron chi connectivity index (χ4n) is 3.66. The predicted octanol–water partition coefficient (Wildman–Crippen LogP) is 2.02. The summed E-state index contributed by atoms with van der Waals surface area (Å²) in [7, 11) is 4.15. The van der Waals surface area contributed by atoms with Gasteiger partial charge in [0.1, 0.15) is 0 Å². The van der Waals surface area contributed by atoms with Crippen LogP contribution in [0.3, 0.4) is 0 Å². The van der Waals surface area contributed by atoms with E-state index in [0.29, 0.717) is 6.04 Å². The van der Waals surface area contributed by atoms with Crippen molar-refractivity contribution in [2.45, 2.75) is 45.6 Å². The van der Waals surface area contributed by atoms with Gasteiger partial charge in [-0.2, -0.15) is 0 Å². The van der Waals surface area contributed by atoms with Gasteiger partial charge in [0.05, 0.1) is 0 Å². The molecule has 2 fully saturated rings. The Morgan fingerprint density at radius 2 is 2.10 bits per heavy atom. The van der Waals surface area contributed by atoms with Crippen molar-refractivity contribution < 1.29 is 0 Å². The van der Waals surface area contributed by atoms with Crippen LogP contribution < -0.4 is 5.32 Å². The molecule has 0 bridgehead atoms. The molecular formula is C16H32N4. The van der Waals surface area contributed by atoms with E-state index in [0.717, 1.165) is 30.9 Å². The molecule has 2 rings (SSSR count). The number of aliphatic imine (C=N–C) groups is 1. The van der Waals surface area contributed by atoms with Crippen LogP contribution in [0, 0.1) is 11.8 Å². The normalized spacial score (nSPS) is 28.6. The topological polar surface area (TPSA) is 30.9 Å². The third-order valence-corrected chi connectivity index (χ3v) is 4.77. The quantitative estimate of drug-likeness (QED) is 0.631. The van der Waals surface area contributed by atoms with Gasteiger partial charge in [-0.1, -0.05) is 13.8 Å². The van der Waals surface area contributed by atoms with E-state index >= 15 is 0 Å². The summed E-state index contributed by atoms with van der Waals surface area (Å²) in [5.41, 5.74) is 0. The maximum Gasteiger partial charge on any atom is 0.193 e. The number of likely N-dealkylation sites (N-methyl/N-ethyl adjacent to an activating group) is 1.